The van der Waals surface area contributed by atoms with Crippen LogP contribution in [-0.2, 0) is 0 Å². The van der Waals surface area contributed by atoms with E-state index >= 15 is 0 Å². The number of benzene rings is 2. The van der Waals surface area contributed by atoms with Crippen molar-refractivity contribution in [2.24, 2.45) is 0 Å². The minimum atomic E-state index is -4.00. The first kappa shape index (κ1) is 26.7. The van der Waals surface area contributed by atoms with Crippen molar-refractivity contribution in [3.63, 3.8) is 0 Å². The van der Waals surface area contributed by atoms with Crippen molar-refractivity contribution in [2.75, 3.05) is 31.6 Å². The number of aryl methyl sites for hydroxylation is 1. The molecule has 4 nitrogen and oxygen atoms in total. The highest BCUT2D eigenvalue weighted by molar-refractivity contribution is 6.35. The third-order valence-electron chi connectivity index (χ3n) is 4.74. The Morgan fingerprint density at radius 3 is 2.27 bits per heavy atom. The van der Waals surface area contributed by atoms with Gasteiger partial charge in [-0.15, -0.1) is 0 Å². The Bertz CT molecular complexity index is 1000. The van der Waals surface area contributed by atoms with Crippen molar-refractivity contribution in [3.8, 4) is 5.75 Å². The second-order valence-corrected chi connectivity index (χ2v) is 8.10. The van der Waals surface area contributed by atoms with Gasteiger partial charge in [0.2, 0.25) is 0 Å². The third kappa shape index (κ3) is 9.48. The predicted octanol–water partition coefficient (Wildman–Crippen LogP) is 7.62. The standard InChI is InChI=1S/C23H28ClN3O.C2H3F3/c1-4-14-27(5-2)15-16-28-21-12-11-20(24)23-19(21)10-13-22(26-23)25-18-8-6-17(3)7-9-18;1-2(3,4)5/h6-13H,4-5,14-16H2,1-3H3,(H,25,26);1H3. The van der Waals surface area contributed by atoms with E-state index in [2.05, 4.69) is 43.1 Å². The number of halogens is 4. The quantitative estimate of drug-likeness (QED) is 0.341. The summed E-state index contributed by atoms with van der Waals surface area (Å²) < 4.78 is 37.1. The topological polar surface area (TPSA) is 37.4 Å². The minimum Gasteiger partial charge on any atom is -0.492 e. The fourth-order valence-corrected chi connectivity index (χ4v) is 3.37. The van der Waals surface area contributed by atoms with Gasteiger partial charge in [-0.2, -0.15) is 13.2 Å². The van der Waals surface area contributed by atoms with E-state index in [0.29, 0.717) is 11.6 Å². The van der Waals surface area contributed by atoms with Crippen LogP contribution in [0.3, 0.4) is 0 Å². The summed E-state index contributed by atoms with van der Waals surface area (Å²) in [7, 11) is 0. The van der Waals surface area contributed by atoms with Crippen molar-refractivity contribution in [3.05, 3.63) is 59.1 Å². The highest BCUT2D eigenvalue weighted by Crippen LogP contribution is 2.32. The number of ether oxygens (including phenoxy) is 1. The Balaban J connectivity index is 0.000000696. The molecule has 0 aliphatic rings. The number of fused-ring (bicyclic) bond motifs is 1. The molecule has 180 valence electrons. The van der Waals surface area contributed by atoms with Gasteiger partial charge in [-0.1, -0.05) is 43.1 Å². The number of hydrogen-bond donors (Lipinski definition) is 1. The van der Waals surface area contributed by atoms with E-state index in [1.54, 1.807) is 0 Å². The smallest absolute Gasteiger partial charge is 0.386 e. The van der Waals surface area contributed by atoms with Gasteiger partial charge in [0.1, 0.15) is 18.2 Å². The van der Waals surface area contributed by atoms with Gasteiger partial charge in [0.15, 0.2) is 0 Å². The Labute approximate surface area is 198 Å². The fourth-order valence-electron chi connectivity index (χ4n) is 3.17. The van der Waals surface area contributed by atoms with Gasteiger partial charge in [-0.25, -0.2) is 4.98 Å². The Morgan fingerprint density at radius 1 is 1.00 bits per heavy atom. The molecule has 0 spiro atoms. The van der Waals surface area contributed by atoms with Gasteiger partial charge in [0.25, 0.3) is 0 Å². The van der Waals surface area contributed by atoms with Crippen LogP contribution in [0.15, 0.2) is 48.5 Å². The summed E-state index contributed by atoms with van der Waals surface area (Å²) in [4.78, 5) is 7.10. The number of pyridine rings is 1. The van der Waals surface area contributed by atoms with E-state index in [4.69, 9.17) is 21.3 Å². The van der Waals surface area contributed by atoms with Gasteiger partial charge in [-0.3, -0.25) is 0 Å². The second-order valence-electron chi connectivity index (χ2n) is 7.69. The molecule has 0 aliphatic carbocycles. The number of likely N-dealkylation sites (N-methyl/N-ethyl adjacent to an activating group) is 1. The maximum atomic E-state index is 10.4. The van der Waals surface area contributed by atoms with E-state index in [0.717, 1.165) is 54.2 Å². The molecule has 0 aliphatic heterocycles. The van der Waals surface area contributed by atoms with Crippen LogP contribution < -0.4 is 10.1 Å². The molecule has 3 rings (SSSR count). The van der Waals surface area contributed by atoms with Crippen molar-refractivity contribution in [1.82, 2.24) is 9.88 Å². The van der Waals surface area contributed by atoms with Crippen molar-refractivity contribution in [1.29, 1.82) is 0 Å². The van der Waals surface area contributed by atoms with Crippen LogP contribution >= 0.6 is 11.6 Å². The molecule has 2 aromatic carbocycles. The van der Waals surface area contributed by atoms with Crippen molar-refractivity contribution >= 4 is 34.0 Å². The van der Waals surface area contributed by atoms with Gasteiger partial charge in [0, 0.05) is 24.5 Å². The van der Waals surface area contributed by atoms with E-state index in [1.165, 1.54) is 5.56 Å². The van der Waals surface area contributed by atoms with Crippen LogP contribution in [0, 0.1) is 6.92 Å². The average Bonchev–Trinajstić information content (AvgIpc) is 2.75. The summed E-state index contributed by atoms with van der Waals surface area (Å²) >= 11 is 6.42. The van der Waals surface area contributed by atoms with E-state index in [-0.39, 0.29) is 6.92 Å². The number of anilines is 2. The molecule has 0 radical (unpaired) electrons. The van der Waals surface area contributed by atoms with Gasteiger partial charge < -0.3 is 15.0 Å². The molecular weight excluding hydrogens is 451 g/mol. The van der Waals surface area contributed by atoms with Crippen molar-refractivity contribution in [2.45, 2.75) is 40.3 Å². The molecule has 0 atom stereocenters. The summed E-state index contributed by atoms with van der Waals surface area (Å²) in [5, 5.41) is 4.88. The molecule has 1 aromatic heterocycles. The summed E-state index contributed by atoms with van der Waals surface area (Å²) in [5.41, 5.74) is 2.97. The number of alkyl halides is 3. The first-order valence-corrected chi connectivity index (χ1v) is 11.3. The van der Waals surface area contributed by atoms with E-state index in [1.807, 2.05) is 36.4 Å². The lowest BCUT2D eigenvalue weighted by atomic mass is 10.2. The van der Waals surface area contributed by atoms with Crippen molar-refractivity contribution < 1.29 is 17.9 Å². The fraction of sp³-hybridized carbons (Fsp3) is 0.400. The lowest BCUT2D eigenvalue weighted by Crippen LogP contribution is -2.29. The van der Waals surface area contributed by atoms with Crippen LogP contribution in [0.4, 0.5) is 24.7 Å². The zero-order valence-electron chi connectivity index (χ0n) is 19.5. The largest absolute Gasteiger partial charge is 0.492 e. The highest BCUT2D eigenvalue weighted by atomic mass is 35.5. The molecule has 8 heteroatoms. The lowest BCUT2D eigenvalue weighted by Gasteiger charge is -2.20. The highest BCUT2D eigenvalue weighted by Gasteiger charge is 2.15. The number of nitrogens with one attached hydrogen (secondary N) is 1. The molecule has 1 heterocycles. The first-order valence-electron chi connectivity index (χ1n) is 11.0. The summed E-state index contributed by atoms with van der Waals surface area (Å²) in [6.45, 7) is 10.3. The normalized spacial score (nSPS) is 11.3. The molecular formula is C25H31ClF3N3O. The number of nitrogens with zero attached hydrogens (tertiary/aromatic N) is 2. The van der Waals surface area contributed by atoms with E-state index in [9.17, 15) is 13.2 Å². The van der Waals surface area contributed by atoms with Crippen LogP contribution in [0.1, 0.15) is 32.8 Å². The maximum absolute atomic E-state index is 10.4. The van der Waals surface area contributed by atoms with Crippen LogP contribution in [-0.4, -0.2) is 42.3 Å². The third-order valence-corrected chi connectivity index (χ3v) is 5.05. The maximum Gasteiger partial charge on any atom is 0.386 e. The summed E-state index contributed by atoms with van der Waals surface area (Å²) in [6.07, 6.45) is -2.85. The average molecular weight is 482 g/mol. The Morgan fingerprint density at radius 2 is 1.67 bits per heavy atom. The van der Waals surface area contributed by atoms with Gasteiger partial charge in [-0.05, 0) is 62.8 Å². The molecule has 33 heavy (non-hydrogen) atoms. The molecule has 1 N–H and O–H groups in total. The number of rotatable bonds is 9. The SMILES string of the molecule is CC(F)(F)F.CCCN(CC)CCOc1ccc(Cl)c2nc(Nc3ccc(C)cc3)ccc12. The number of aromatic nitrogens is 1. The molecule has 0 saturated heterocycles. The van der Waals surface area contributed by atoms with Gasteiger partial charge in [0.05, 0.1) is 10.5 Å². The monoisotopic (exact) mass is 481 g/mol. The Hall–Kier alpha value is -2.51. The van der Waals surface area contributed by atoms with Crippen LogP contribution in [0.25, 0.3) is 10.9 Å². The number of hydrogen-bond acceptors (Lipinski definition) is 4. The zero-order chi connectivity index (χ0) is 24.4. The lowest BCUT2D eigenvalue weighted by molar-refractivity contribution is -0.110. The second kappa shape index (κ2) is 12.7. The van der Waals surface area contributed by atoms with Crippen LogP contribution in [0.2, 0.25) is 5.02 Å². The molecule has 0 saturated carbocycles. The zero-order valence-corrected chi connectivity index (χ0v) is 20.2. The molecule has 3 aromatic rings. The molecule has 0 bridgehead atoms. The molecule has 0 unspecified atom stereocenters. The summed E-state index contributed by atoms with van der Waals surface area (Å²) in [6, 6.07) is 16.0. The minimum absolute atomic E-state index is 0.188. The van der Waals surface area contributed by atoms with E-state index < -0.39 is 6.18 Å². The summed E-state index contributed by atoms with van der Waals surface area (Å²) in [5.74, 6) is 1.58. The first-order chi connectivity index (χ1) is 15.6. The molecule has 0 fully saturated rings. The van der Waals surface area contributed by atoms with Gasteiger partial charge >= 0.3 is 6.18 Å². The molecule has 0 amide bonds. The Kier molecular flexibility index (Phi) is 10.3. The van der Waals surface area contributed by atoms with Crippen LogP contribution in [0.5, 0.6) is 5.75 Å². The predicted molar refractivity (Wildman–Crippen MR) is 131 cm³/mol.